The van der Waals surface area contributed by atoms with Crippen LogP contribution in [0.4, 0.5) is 0 Å². The van der Waals surface area contributed by atoms with Crippen molar-refractivity contribution in [2.24, 2.45) is 5.10 Å². The van der Waals surface area contributed by atoms with Crippen LogP contribution in [0.15, 0.2) is 29.6 Å². The number of likely N-dealkylation sites (tertiary alicyclic amines) is 1. The quantitative estimate of drug-likeness (QED) is 0.257. The number of amides is 2. The number of nitrogens with one attached hydrogen (secondary N) is 1. The Balaban J connectivity index is 2.24. The maximum absolute atomic E-state index is 11.9. The van der Waals surface area contributed by atoms with E-state index in [1.54, 1.807) is 6.92 Å². The maximum atomic E-state index is 11.9. The Bertz CT molecular complexity index is 771. The summed E-state index contributed by atoms with van der Waals surface area (Å²) in [7, 11) is 0. The SMILES string of the molecule is C[C@@H]1CC(=O)N1[C@@H](C(=O)O)[C@](C)(/C=N/NC(=O)c1ccncc1)S(=O)O. The van der Waals surface area contributed by atoms with Crippen molar-refractivity contribution in [1.29, 1.82) is 0 Å². The molecule has 140 valence electrons. The van der Waals surface area contributed by atoms with Gasteiger partial charge in [0.1, 0.15) is 4.75 Å². The summed E-state index contributed by atoms with van der Waals surface area (Å²) in [4.78, 5) is 40.2. The molecule has 11 heteroatoms. The summed E-state index contributed by atoms with van der Waals surface area (Å²) in [5.41, 5.74) is 2.42. The number of hydrazone groups is 1. The Morgan fingerprint density at radius 1 is 1.50 bits per heavy atom. The summed E-state index contributed by atoms with van der Waals surface area (Å²) in [6, 6.07) is 0.890. The molecule has 1 fully saturated rings. The van der Waals surface area contributed by atoms with Gasteiger partial charge in [0.2, 0.25) is 5.91 Å². The van der Waals surface area contributed by atoms with Crippen molar-refractivity contribution in [1.82, 2.24) is 15.3 Å². The zero-order chi connectivity index (χ0) is 19.5. The summed E-state index contributed by atoms with van der Waals surface area (Å²) in [6.07, 6.45) is 3.85. The van der Waals surface area contributed by atoms with Gasteiger partial charge in [-0.1, -0.05) is 0 Å². The van der Waals surface area contributed by atoms with Gasteiger partial charge in [-0.25, -0.2) is 14.4 Å². The number of rotatable bonds is 7. The summed E-state index contributed by atoms with van der Waals surface area (Å²) in [6.45, 7) is 2.82. The van der Waals surface area contributed by atoms with Gasteiger partial charge < -0.3 is 14.6 Å². The molecule has 2 rings (SSSR count). The number of aromatic nitrogens is 1. The van der Waals surface area contributed by atoms with Crippen molar-refractivity contribution in [3.63, 3.8) is 0 Å². The van der Waals surface area contributed by atoms with E-state index in [1.165, 1.54) is 31.5 Å². The first-order valence-corrected chi connectivity index (χ1v) is 8.68. The molecule has 2 heterocycles. The molecule has 1 aromatic rings. The molecule has 0 aliphatic carbocycles. The molecule has 10 nitrogen and oxygen atoms in total. The lowest BCUT2D eigenvalue weighted by molar-refractivity contribution is -0.161. The molecule has 1 aliphatic rings. The average Bonchev–Trinajstić information content (AvgIpc) is 2.59. The lowest BCUT2D eigenvalue weighted by Crippen LogP contribution is -2.67. The van der Waals surface area contributed by atoms with Crippen molar-refractivity contribution in [3.05, 3.63) is 30.1 Å². The Labute approximate surface area is 151 Å². The highest BCUT2D eigenvalue weighted by atomic mass is 32.2. The smallest absolute Gasteiger partial charge is 0.328 e. The van der Waals surface area contributed by atoms with Crippen LogP contribution in [0.1, 0.15) is 30.6 Å². The first kappa shape index (κ1) is 19.7. The van der Waals surface area contributed by atoms with Crippen LogP contribution in [0.3, 0.4) is 0 Å². The number of carbonyl (C=O) groups excluding carboxylic acids is 2. The van der Waals surface area contributed by atoms with E-state index in [4.69, 9.17) is 0 Å². The summed E-state index contributed by atoms with van der Waals surface area (Å²) in [5, 5.41) is 13.2. The highest BCUT2D eigenvalue weighted by Gasteiger charge is 2.53. The fourth-order valence-electron chi connectivity index (χ4n) is 2.63. The molecule has 1 saturated heterocycles. The van der Waals surface area contributed by atoms with Gasteiger partial charge in [-0.05, 0) is 26.0 Å². The topological polar surface area (TPSA) is 149 Å². The zero-order valence-corrected chi connectivity index (χ0v) is 14.8. The molecule has 0 radical (unpaired) electrons. The van der Waals surface area contributed by atoms with Crippen LogP contribution in [-0.2, 0) is 20.7 Å². The van der Waals surface area contributed by atoms with Crippen LogP contribution >= 0.6 is 0 Å². The van der Waals surface area contributed by atoms with Crippen LogP contribution in [0, 0.1) is 0 Å². The minimum atomic E-state index is -2.68. The van der Waals surface area contributed by atoms with Gasteiger partial charge in [0, 0.05) is 36.6 Å². The van der Waals surface area contributed by atoms with Crippen molar-refractivity contribution in [2.75, 3.05) is 0 Å². The highest BCUT2D eigenvalue weighted by Crippen LogP contribution is 2.30. The third-order valence-corrected chi connectivity index (χ3v) is 5.17. The van der Waals surface area contributed by atoms with Gasteiger partial charge in [0.25, 0.3) is 5.91 Å². The number of aliphatic carboxylic acids is 1. The Morgan fingerprint density at radius 2 is 2.12 bits per heavy atom. The molecule has 0 saturated carbocycles. The fraction of sp³-hybridized carbons (Fsp3) is 0.400. The van der Waals surface area contributed by atoms with E-state index in [0.717, 1.165) is 11.1 Å². The predicted molar refractivity (Wildman–Crippen MR) is 91.7 cm³/mol. The number of hydrogen-bond donors (Lipinski definition) is 3. The molecule has 26 heavy (non-hydrogen) atoms. The summed E-state index contributed by atoms with van der Waals surface area (Å²) in [5.74, 6) is -2.48. The summed E-state index contributed by atoms with van der Waals surface area (Å²) < 4.78 is 19.6. The monoisotopic (exact) mass is 382 g/mol. The van der Waals surface area contributed by atoms with Crippen LogP contribution in [0.25, 0.3) is 0 Å². The molecule has 1 aliphatic heterocycles. The molecule has 1 aromatic heterocycles. The van der Waals surface area contributed by atoms with Gasteiger partial charge in [-0.3, -0.25) is 14.6 Å². The Hall–Kier alpha value is -2.66. The fourth-order valence-corrected chi connectivity index (χ4v) is 3.17. The zero-order valence-electron chi connectivity index (χ0n) is 14.0. The number of pyridine rings is 1. The number of carbonyl (C=O) groups is 3. The third-order valence-electron chi connectivity index (χ3n) is 4.09. The van der Waals surface area contributed by atoms with E-state index in [0.29, 0.717) is 0 Å². The predicted octanol–water partition coefficient (Wildman–Crippen LogP) is -0.148. The van der Waals surface area contributed by atoms with Gasteiger partial charge in [-0.2, -0.15) is 5.10 Å². The highest BCUT2D eigenvalue weighted by molar-refractivity contribution is 7.81. The van der Waals surface area contributed by atoms with Crippen molar-refractivity contribution in [2.45, 2.75) is 37.1 Å². The van der Waals surface area contributed by atoms with Gasteiger partial charge >= 0.3 is 5.97 Å². The van der Waals surface area contributed by atoms with E-state index in [9.17, 15) is 28.3 Å². The molecular formula is C15H18N4O6S. The van der Waals surface area contributed by atoms with Crippen LogP contribution in [0.2, 0.25) is 0 Å². The molecule has 3 N–H and O–H groups in total. The normalized spacial score (nSPS) is 21.6. The second-order valence-electron chi connectivity index (χ2n) is 5.96. The van der Waals surface area contributed by atoms with E-state index in [1.807, 2.05) is 0 Å². The molecule has 4 atom stereocenters. The van der Waals surface area contributed by atoms with Gasteiger partial charge in [-0.15, -0.1) is 0 Å². The van der Waals surface area contributed by atoms with E-state index in [2.05, 4.69) is 15.5 Å². The molecule has 0 bridgehead atoms. The van der Waals surface area contributed by atoms with Crippen molar-refractivity contribution >= 4 is 35.1 Å². The minimum Gasteiger partial charge on any atom is -0.480 e. The standard InChI is InChI=1S/C15H18N4O6S/c1-9-7-11(20)19(9)12(14(22)23)15(2,26(24)25)8-17-18-13(21)10-3-5-16-6-4-10/h3-6,8-9,12H,7H2,1-2H3,(H,18,21)(H,22,23)(H,24,25)/b17-8+/t9-,12+,15+/m1/s1. The number of carboxylic acid groups (broad SMARTS) is 1. The number of carboxylic acids is 1. The molecular weight excluding hydrogens is 364 g/mol. The lowest BCUT2D eigenvalue weighted by atomic mass is 9.92. The second-order valence-corrected chi connectivity index (χ2v) is 7.34. The minimum absolute atomic E-state index is 0.161. The first-order chi connectivity index (χ1) is 12.2. The largest absolute Gasteiger partial charge is 0.480 e. The first-order valence-electron chi connectivity index (χ1n) is 7.58. The maximum Gasteiger partial charge on any atom is 0.328 e. The van der Waals surface area contributed by atoms with Crippen LogP contribution in [0.5, 0.6) is 0 Å². The number of nitrogens with zero attached hydrogens (tertiary/aromatic N) is 3. The second kappa shape index (κ2) is 7.70. The van der Waals surface area contributed by atoms with E-state index in [-0.39, 0.29) is 18.0 Å². The molecule has 0 aromatic carbocycles. The van der Waals surface area contributed by atoms with Crippen molar-refractivity contribution in [3.8, 4) is 0 Å². The number of hydrogen-bond acceptors (Lipinski definition) is 6. The molecule has 0 spiro atoms. The van der Waals surface area contributed by atoms with E-state index < -0.39 is 39.7 Å². The van der Waals surface area contributed by atoms with Gasteiger partial charge in [0.05, 0.1) is 0 Å². The number of β-lactam (4-membered cyclic amide) rings is 1. The molecule has 1 unspecified atom stereocenters. The van der Waals surface area contributed by atoms with Crippen LogP contribution < -0.4 is 5.43 Å². The van der Waals surface area contributed by atoms with Crippen molar-refractivity contribution < 1.29 is 28.3 Å². The molecule has 2 amide bonds. The van der Waals surface area contributed by atoms with E-state index >= 15 is 0 Å². The lowest BCUT2D eigenvalue weighted by Gasteiger charge is -2.46. The third kappa shape index (κ3) is 3.78. The summed E-state index contributed by atoms with van der Waals surface area (Å²) >= 11 is -2.68. The van der Waals surface area contributed by atoms with Gasteiger partial charge in [0.15, 0.2) is 17.1 Å². The van der Waals surface area contributed by atoms with Crippen LogP contribution in [-0.4, -0.2) is 64.6 Å². The Kier molecular flexibility index (Phi) is 5.83. The Morgan fingerprint density at radius 3 is 2.58 bits per heavy atom. The average molecular weight is 382 g/mol.